The zero-order valence-corrected chi connectivity index (χ0v) is 20.2. The minimum absolute atomic E-state index is 0.0501. The summed E-state index contributed by atoms with van der Waals surface area (Å²) in [4.78, 5) is 12.8. The van der Waals surface area contributed by atoms with Crippen LogP contribution in [0.1, 0.15) is 54.7 Å². The lowest BCUT2D eigenvalue weighted by Gasteiger charge is -2.24. The Morgan fingerprint density at radius 1 is 1.00 bits per heavy atom. The third-order valence-corrected chi connectivity index (χ3v) is 7.89. The summed E-state index contributed by atoms with van der Waals surface area (Å²) in [6.07, 6.45) is 0.658. The first kappa shape index (κ1) is 23.1. The van der Waals surface area contributed by atoms with Gasteiger partial charge in [0.2, 0.25) is 0 Å². The van der Waals surface area contributed by atoms with Gasteiger partial charge in [-0.3, -0.25) is 4.31 Å². The van der Waals surface area contributed by atoms with Crippen LogP contribution >= 0.6 is 0 Å². The number of hydrogen-bond donors (Lipinski definition) is 0. The van der Waals surface area contributed by atoms with Gasteiger partial charge in [0.1, 0.15) is 6.61 Å². The summed E-state index contributed by atoms with van der Waals surface area (Å²) in [5, 5.41) is 0. The number of para-hydroxylation sites is 1. The Hall–Kier alpha value is -3.12. The van der Waals surface area contributed by atoms with Gasteiger partial charge in [0.25, 0.3) is 10.0 Å². The van der Waals surface area contributed by atoms with E-state index in [4.69, 9.17) is 4.74 Å². The molecule has 172 valence electrons. The Labute approximate surface area is 196 Å². The maximum absolute atomic E-state index is 13.4. The molecule has 3 aromatic rings. The lowest BCUT2D eigenvalue weighted by Crippen LogP contribution is -2.35. The van der Waals surface area contributed by atoms with Crippen LogP contribution in [0.25, 0.3) is 0 Å². The molecule has 33 heavy (non-hydrogen) atoms. The highest BCUT2D eigenvalue weighted by Gasteiger charge is 2.36. The summed E-state index contributed by atoms with van der Waals surface area (Å²) in [5.41, 5.74) is 4.03. The van der Waals surface area contributed by atoms with Gasteiger partial charge in [0.15, 0.2) is 0 Å². The highest BCUT2D eigenvalue weighted by molar-refractivity contribution is 7.92. The van der Waals surface area contributed by atoms with Crippen LogP contribution in [0.2, 0.25) is 0 Å². The molecule has 0 spiro atoms. The number of rotatable bonds is 5. The summed E-state index contributed by atoms with van der Waals surface area (Å²) < 4.78 is 33.8. The van der Waals surface area contributed by atoms with Gasteiger partial charge in [-0.15, -0.1) is 0 Å². The van der Waals surface area contributed by atoms with Crippen molar-refractivity contribution in [2.75, 3.05) is 4.31 Å². The number of carbonyl (C=O) groups excluding carboxylic acids is 1. The van der Waals surface area contributed by atoms with E-state index in [0.717, 1.165) is 11.1 Å². The summed E-state index contributed by atoms with van der Waals surface area (Å²) in [7, 11) is -3.82. The zero-order chi connectivity index (χ0) is 23.8. The van der Waals surface area contributed by atoms with E-state index >= 15 is 0 Å². The lowest BCUT2D eigenvalue weighted by molar-refractivity contribution is 0.0472. The van der Waals surface area contributed by atoms with Crippen LogP contribution in [0, 0.1) is 0 Å². The minimum Gasteiger partial charge on any atom is -0.457 e. The molecule has 0 radical (unpaired) electrons. The van der Waals surface area contributed by atoms with Crippen LogP contribution in [0.3, 0.4) is 0 Å². The molecule has 0 aromatic heterocycles. The van der Waals surface area contributed by atoms with Gasteiger partial charge in [0.05, 0.1) is 16.1 Å². The van der Waals surface area contributed by atoms with Crippen molar-refractivity contribution in [3.05, 3.63) is 95.1 Å². The number of fused-ring (bicyclic) bond motifs is 1. The van der Waals surface area contributed by atoms with E-state index in [-0.39, 0.29) is 28.5 Å². The van der Waals surface area contributed by atoms with Crippen LogP contribution in [0.5, 0.6) is 0 Å². The Morgan fingerprint density at radius 2 is 1.70 bits per heavy atom. The molecule has 0 N–H and O–H groups in total. The van der Waals surface area contributed by atoms with Crippen molar-refractivity contribution in [3.8, 4) is 0 Å². The SMILES string of the molecule is C[C@H]1Cc2ccccc2N1S(=O)(=O)c1cccc(C(=O)OCc2ccc(C(C)(C)C)cc2)c1. The molecule has 1 aliphatic rings. The summed E-state index contributed by atoms with van der Waals surface area (Å²) >= 11 is 0. The molecule has 3 aromatic carbocycles. The number of hydrogen-bond acceptors (Lipinski definition) is 4. The Bertz CT molecular complexity index is 1270. The van der Waals surface area contributed by atoms with Crippen molar-refractivity contribution in [3.63, 3.8) is 0 Å². The molecule has 5 nitrogen and oxygen atoms in total. The Balaban J connectivity index is 1.51. The van der Waals surface area contributed by atoms with Crippen molar-refractivity contribution < 1.29 is 17.9 Å². The zero-order valence-electron chi connectivity index (χ0n) is 19.4. The van der Waals surface area contributed by atoms with E-state index in [1.807, 2.05) is 55.5 Å². The molecule has 0 amide bonds. The average Bonchev–Trinajstić information content (AvgIpc) is 3.13. The fourth-order valence-electron chi connectivity index (χ4n) is 4.13. The maximum atomic E-state index is 13.4. The predicted octanol–water partition coefficient (Wildman–Crippen LogP) is 5.48. The number of benzene rings is 3. The molecule has 0 saturated heterocycles. The number of ether oxygens (including phenoxy) is 1. The number of anilines is 1. The van der Waals surface area contributed by atoms with Crippen molar-refractivity contribution in [2.24, 2.45) is 0 Å². The molecule has 1 aliphatic heterocycles. The minimum atomic E-state index is -3.82. The third-order valence-electron chi connectivity index (χ3n) is 5.96. The quantitative estimate of drug-likeness (QED) is 0.470. The van der Waals surface area contributed by atoms with Crippen LogP contribution in [0.4, 0.5) is 5.69 Å². The van der Waals surface area contributed by atoms with Gasteiger partial charge in [-0.1, -0.05) is 69.3 Å². The van der Waals surface area contributed by atoms with Gasteiger partial charge in [0, 0.05) is 6.04 Å². The van der Waals surface area contributed by atoms with E-state index in [2.05, 4.69) is 20.8 Å². The van der Waals surface area contributed by atoms with Gasteiger partial charge >= 0.3 is 5.97 Å². The van der Waals surface area contributed by atoms with Crippen LogP contribution < -0.4 is 4.31 Å². The standard InChI is InChI=1S/C27H29NO4S/c1-19-16-21-8-5-6-11-25(21)28(19)33(30,31)24-10-7-9-22(17-24)26(29)32-18-20-12-14-23(15-13-20)27(2,3)4/h5-15,17,19H,16,18H2,1-4H3/t19-/m0/s1. The first-order chi connectivity index (χ1) is 15.6. The molecule has 0 aliphatic carbocycles. The number of sulfonamides is 1. The van der Waals surface area contributed by atoms with Gasteiger partial charge in [-0.25, -0.2) is 13.2 Å². The van der Waals surface area contributed by atoms with Crippen molar-refractivity contribution in [1.82, 2.24) is 0 Å². The van der Waals surface area contributed by atoms with E-state index in [0.29, 0.717) is 12.1 Å². The highest BCUT2D eigenvalue weighted by atomic mass is 32.2. The normalized spacial score (nSPS) is 15.9. The fourth-order valence-corrected chi connectivity index (χ4v) is 5.87. The van der Waals surface area contributed by atoms with Gasteiger partial charge in [-0.2, -0.15) is 0 Å². The molecular formula is C27H29NO4S. The second kappa shape index (κ2) is 8.67. The monoisotopic (exact) mass is 463 g/mol. The molecule has 0 fully saturated rings. The second-order valence-electron chi connectivity index (χ2n) is 9.53. The van der Waals surface area contributed by atoms with E-state index < -0.39 is 16.0 Å². The smallest absolute Gasteiger partial charge is 0.338 e. The fraction of sp³-hybridized carbons (Fsp3) is 0.296. The van der Waals surface area contributed by atoms with E-state index in [9.17, 15) is 13.2 Å². The molecule has 0 saturated carbocycles. The third kappa shape index (κ3) is 4.67. The van der Waals surface area contributed by atoms with Crippen molar-refractivity contribution in [1.29, 1.82) is 0 Å². The van der Waals surface area contributed by atoms with E-state index in [1.165, 1.54) is 22.0 Å². The molecule has 4 rings (SSSR count). The molecular weight excluding hydrogens is 434 g/mol. The predicted molar refractivity (Wildman–Crippen MR) is 130 cm³/mol. The molecule has 0 unspecified atom stereocenters. The summed E-state index contributed by atoms with van der Waals surface area (Å²) in [6.45, 7) is 8.44. The second-order valence-corrected chi connectivity index (χ2v) is 11.3. The molecule has 6 heteroatoms. The van der Waals surface area contributed by atoms with Crippen LogP contribution in [-0.4, -0.2) is 20.4 Å². The van der Waals surface area contributed by atoms with Crippen LogP contribution in [-0.2, 0) is 33.2 Å². The number of esters is 1. The van der Waals surface area contributed by atoms with Crippen molar-refractivity contribution in [2.45, 2.75) is 57.1 Å². The van der Waals surface area contributed by atoms with Crippen LogP contribution in [0.15, 0.2) is 77.7 Å². The maximum Gasteiger partial charge on any atom is 0.338 e. The first-order valence-electron chi connectivity index (χ1n) is 11.1. The first-order valence-corrected chi connectivity index (χ1v) is 12.5. The molecule has 1 heterocycles. The highest BCUT2D eigenvalue weighted by Crippen LogP contribution is 2.36. The Kier molecular flexibility index (Phi) is 6.06. The van der Waals surface area contributed by atoms with E-state index in [1.54, 1.807) is 12.1 Å². The van der Waals surface area contributed by atoms with Gasteiger partial charge < -0.3 is 4.74 Å². The summed E-state index contributed by atoms with van der Waals surface area (Å²) in [5.74, 6) is -0.554. The summed E-state index contributed by atoms with van der Waals surface area (Å²) in [6, 6.07) is 21.3. The van der Waals surface area contributed by atoms with Gasteiger partial charge in [-0.05, 0) is 59.7 Å². The lowest BCUT2D eigenvalue weighted by atomic mass is 9.87. The Morgan fingerprint density at radius 3 is 2.39 bits per heavy atom. The number of carbonyl (C=O) groups is 1. The average molecular weight is 464 g/mol. The molecule has 0 bridgehead atoms. The molecule has 1 atom stereocenters. The number of nitrogens with zero attached hydrogens (tertiary/aromatic N) is 1. The largest absolute Gasteiger partial charge is 0.457 e. The topological polar surface area (TPSA) is 63.7 Å². The van der Waals surface area contributed by atoms with Crippen molar-refractivity contribution >= 4 is 21.7 Å².